The average Bonchev–Trinajstić information content (AvgIpc) is 2.57. The third-order valence-corrected chi connectivity index (χ3v) is 3.47. The third-order valence-electron chi connectivity index (χ3n) is 3.47. The molecular formula is C14H21N3O. The molecule has 18 heavy (non-hydrogen) atoms. The number of rotatable bonds is 1. The van der Waals surface area contributed by atoms with E-state index in [1.54, 1.807) is 12.1 Å². The van der Waals surface area contributed by atoms with E-state index in [1.165, 1.54) is 6.42 Å². The van der Waals surface area contributed by atoms with Crippen molar-refractivity contribution in [3.8, 4) is 0 Å². The first-order valence-electron chi connectivity index (χ1n) is 6.56. The van der Waals surface area contributed by atoms with Gasteiger partial charge in [-0.3, -0.25) is 0 Å². The highest BCUT2D eigenvalue weighted by atomic mass is 16.2. The number of hydrogen-bond donors (Lipinski definition) is 2. The molecule has 1 aliphatic heterocycles. The van der Waals surface area contributed by atoms with Crippen molar-refractivity contribution >= 4 is 17.4 Å². The number of amides is 2. The van der Waals surface area contributed by atoms with Crippen molar-refractivity contribution in [1.82, 2.24) is 4.90 Å². The normalized spacial score (nSPS) is 20.3. The van der Waals surface area contributed by atoms with E-state index >= 15 is 0 Å². The molecular weight excluding hydrogens is 226 g/mol. The average molecular weight is 247 g/mol. The lowest BCUT2D eigenvalue weighted by atomic mass is 10.0. The fraction of sp³-hybridized carbons (Fsp3) is 0.500. The number of hydrogen-bond acceptors (Lipinski definition) is 2. The van der Waals surface area contributed by atoms with Crippen LogP contribution in [0.3, 0.4) is 0 Å². The molecule has 0 radical (unpaired) electrons. The van der Waals surface area contributed by atoms with Crippen LogP contribution in [0.1, 0.15) is 26.2 Å². The fourth-order valence-electron chi connectivity index (χ4n) is 2.24. The van der Waals surface area contributed by atoms with Crippen LogP contribution in [-0.4, -0.2) is 24.0 Å². The second-order valence-electron chi connectivity index (χ2n) is 5.08. The quantitative estimate of drug-likeness (QED) is 0.750. The fourth-order valence-corrected chi connectivity index (χ4v) is 2.24. The number of nitrogens with two attached hydrogens (primary N) is 1. The molecule has 1 atom stereocenters. The zero-order valence-corrected chi connectivity index (χ0v) is 10.9. The summed E-state index contributed by atoms with van der Waals surface area (Å²) in [6, 6.07) is 7.23. The van der Waals surface area contributed by atoms with Crippen LogP contribution in [0.5, 0.6) is 0 Å². The molecule has 0 aromatic heterocycles. The van der Waals surface area contributed by atoms with Gasteiger partial charge in [-0.1, -0.05) is 6.92 Å². The maximum atomic E-state index is 12.1. The number of anilines is 2. The van der Waals surface area contributed by atoms with E-state index in [4.69, 9.17) is 5.73 Å². The summed E-state index contributed by atoms with van der Waals surface area (Å²) in [5, 5.41) is 2.91. The topological polar surface area (TPSA) is 58.4 Å². The maximum Gasteiger partial charge on any atom is 0.321 e. The van der Waals surface area contributed by atoms with Gasteiger partial charge in [0.1, 0.15) is 0 Å². The molecule has 4 heteroatoms. The molecule has 0 spiro atoms. The second kappa shape index (κ2) is 5.76. The van der Waals surface area contributed by atoms with E-state index in [0.29, 0.717) is 5.69 Å². The van der Waals surface area contributed by atoms with Crippen LogP contribution < -0.4 is 11.1 Å². The van der Waals surface area contributed by atoms with Gasteiger partial charge in [-0.2, -0.15) is 0 Å². The molecule has 0 bridgehead atoms. The van der Waals surface area contributed by atoms with Crippen LogP contribution in [0.15, 0.2) is 24.3 Å². The van der Waals surface area contributed by atoms with E-state index in [2.05, 4.69) is 12.2 Å². The second-order valence-corrected chi connectivity index (χ2v) is 5.08. The largest absolute Gasteiger partial charge is 0.399 e. The molecule has 3 N–H and O–H groups in total. The molecule has 1 unspecified atom stereocenters. The first-order chi connectivity index (χ1) is 8.65. The maximum absolute atomic E-state index is 12.1. The van der Waals surface area contributed by atoms with Crippen molar-refractivity contribution in [1.29, 1.82) is 0 Å². The predicted octanol–water partition coefficient (Wildman–Crippen LogP) is 2.92. The number of likely N-dealkylation sites (tertiary alicyclic amines) is 1. The van der Waals surface area contributed by atoms with Gasteiger partial charge in [0.05, 0.1) is 0 Å². The van der Waals surface area contributed by atoms with Crippen LogP contribution >= 0.6 is 0 Å². The Morgan fingerprint density at radius 3 is 2.72 bits per heavy atom. The van der Waals surface area contributed by atoms with Crippen molar-refractivity contribution in [2.45, 2.75) is 26.2 Å². The lowest BCUT2D eigenvalue weighted by Gasteiger charge is -2.21. The number of carbonyl (C=O) groups is 1. The molecule has 1 heterocycles. The minimum absolute atomic E-state index is 0.00567. The van der Waals surface area contributed by atoms with E-state index in [9.17, 15) is 4.79 Å². The summed E-state index contributed by atoms with van der Waals surface area (Å²) in [5.41, 5.74) is 7.12. The summed E-state index contributed by atoms with van der Waals surface area (Å²) in [6.07, 6.45) is 3.40. The van der Waals surface area contributed by atoms with Crippen molar-refractivity contribution in [3.63, 3.8) is 0 Å². The Balaban J connectivity index is 1.92. The Bertz CT molecular complexity index is 402. The SMILES string of the molecule is CC1CCCN(C(=O)Nc2ccc(N)cc2)CC1. The molecule has 2 amide bonds. The minimum atomic E-state index is -0.00567. The van der Waals surface area contributed by atoms with Crippen LogP contribution in [-0.2, 0) is 0 Å². The van der Waals surface area contributed by atoms with E-state index in [0.717, 1.165) is 37.5 Å². The molecule has 0 aliphatic carbocycles. The number of carbonyl (C=O) groups excluding carboxylic acids is 1. The smallest absolute Gasteiger partial charge is 0.321 e. The summed E-state index contributed by atoms with van der Waals surface area (Å²) in [4.78, 5) is 14.0. The Labute approximate surface area is 108 Å². The number of urea groups is 1. The highest BCUT2D eigenvalue weighted by Crippen LogP contribution is 2.18. The van der Waals surface area contributed by atoms with E-state index < -0.39 is 0 Å². The summed E-state index contributed by atoms with van der Waals surface area (Å²) < 4.78 is 0. The Kier molecular flexibility index (Phi) is 4.07. The zero-order valence-electron chi connectivity index (χ0n) is 10.9. The predicted molar refractivity (Wildman–Crippen MR) is 74.5 cm³/mol. The summed E-state index contributed by atoms with van der Waals surface area (Å²) in [6.45, 7) is 3.95. The van der Waals surface area contributed by atoms with Gasteiger partial charge < -0.3 is 16.0 Å². The van der Waals surface area contributed by atoms with Gasteiger partial charge in [0.25, 0.3) is 0 Å². The van der Waals surface area contributed by atoms with E-state index in [-0.39, 0.29) is 6.03 Å². The number of nitrogens with zero attached hydrogens (tertiary/aromatic N) is 1. The summed E-state index contributed by atoms with van der Waals surface area (Å²) in [5.74, 6) is 0.722. The van der Waals surface area contributed by atoms with Crippen molar-refractivity contribution in [2.75, 3.05) is 24.1 Å². The molecule has 1 fully saturated rings. The van der Waals surface area contributed by atoms with Crippen LogP contribution in [0.2, 0.25) is 0 Å². The van der Waals surface area contributed by atoms with Crippen LogP contribution in [0, 0.1) is 5.92 Å². The Morgan fingerprint density at radius 2 is 2.00 bits per heavy atom. The lowest BCUT2D eigenvalue weighted by molar-refractivity contribution is 0.213. The van der Waals surface area contributed by atoms with Gasteiger partial charge in [-0.05, 0) is 49.4 Å². The molecule has 1 aromatic carbocycles. The van der Waals surface area contributed by atoms with Gasteiger partial charge in [-0.25, -0.2) is 4.79 Å². The number of nitrogen functional groups attached to an aromatic ring is 1. The molecule has 1 aromatic rings. The highest BCUT2D eigenvalue weighted by molar-refractivity contribution is 5.89. The zero-order chi connectivity index (χ0) is 13.0. The van der Waals surface area contributed by atoms with Gasteiger partial charge in [-0.15, -0.1) is 0 Å². The van der Waals surface area contributed by atoms with Gasteiger partial charge >= 0.3 is 6.03 Å². The van der Waals surface area contributed by atoms with Crippen LogP contribution in [0.25, 0.3) is 0 Å². The highest BCUT2D eigenvalue weighted by Gasteiger charge is 2.18. The monoisotopic (exact) mass is 247 g/mol. The first-order valence-corrected chi connectivity index (χ1v) is 6.56. The Morgan fingerprint density at radius 1 is 1.28 bits per heavy atom. The third kappa shape index (κ3) is 3.39. The molecule has 1 aliphatic rings. The lowest BCUT2D eigenvalue weighted by Crippen LogP contribution is -2.35. The standard InChI is InChI=1S/C14H21N3O/c1-11-3-2-9-17(10-8-11)14(18)16-13-6-4-12(15)5-7-13/h4-7,11H,2-3,8-10,15H2,1H3,(H,16,18). The summed E-state index contributed by atoms with van der Waals surface area (Å²) >= 11 is 0. The minimum Gasteiger partial charge on any atom is -0.399 e. The molecule has 1 saturated heterocycles. The van der Waals surface area contributed by atoms with Gasteiger partial charge in [0.2, 0.25) is 0 Å². The number of benzene rings is 1. The molecule has 4 nitrogen and oxygen atoms in total. The molecule has 0 saturated carbocycles. The van der Waals surface area contributed by atoms with Crippen molar-refractivity contribution in [3.05, 3.63) is 24.3 Å². The Hall–Kier alpha value is -1.71. The molecule has 2 rings (SSSR count). The summed E-state index contributed by atoms with van der Waals surface area (Å²) in [7, 11) is 0. The first kappa shape index (κ1) is 12.7. The van der Waals surface area contributed by atoms with Gasteiger partial charge in [0.15, 0.2) is 0 Å². The van der Waals surface area contributed by atoms with E-state index in [1.807, 2.05) is 17.0 Å². The number of nitrogens with one attached hydrogen (secondary N) is 1. The van der Waals surface area contributed by atoms with Crippen molar-refractivity contribution < 1.29 is 4.79 Å². The van der Waals surface area contributed by atoms with Gasteiger partial charge in [0, 0.05) is 24.5 Å². The molecule has 98 valence electrons. The van der Waals surface area contributed by atoms with Crippen molar-refractivity contribution in [2.24, 2.45) is 5.92 Å². The van der Waals surface area contributed by atoms with Crippen LogP contribution in [0.4, 0.5) is 16.2 Å².